The maximum Gasteiger partial charge on any atom is 0.292 e. The molecule has 0 radical (unpaired) electrons. The highest BCUT2D eigenvalue weighted by molar-refractivity contribution is 7.98. The van der Waals surface area contributed by atoms with Crippen LogP contribution in [0.1, 0.15) is 42.8 Å². The minimum absolute atomic E-state index is 0.0187. The molecule has 0 atom stereocenters. The van der Waals surface area contributed by atoms with Gasteiger partial charge < -0.3 is 9.73 Å². The van der Waals surface area contributed by atoms with Crippen LogP contribution in [-0.4, -0.2) is 21.4 Å². The number of rotatable bonds is 5. The first-order valence-electron chi connectivity index (χ1n) is 7.01. The Morgan fingerprint density at radius 1 is 1.43 bits per heavy atom. The zero-order valence-corrected chi connectivity index (χ0v) is 14.2. The smallest absolute Gasteiger partial charge is 0.292 e. The molecule has 0 spiro atoms. The van der Waals surface area contributed by atoms with Crippen molar-refractivity contribution >= 4 is 23.5 Å². The first-order chi connectivity index (χ1) is 10.7. The Bertz CT molecular complexity index is 689. The van der Waals surface area contributed by atoms with Crippen molar-refractivity contribution < 1.29 is 18.0 Å². The van der Waals surface area contributed by atoms with Crippen LogP contribution in [0.4, 0.5) is 14.6 Å². The number of thioether (sulfide) groups is 1. The third-order valence-electron chi connectivity index (χ3n) is 3.13. The molecule has 0 bridgehead atoms. The number of anilines is 1. The van der Waals surface area contributed by atoms with Crippen LogP contribution in [0.15, 0.2) is 22.6 Å². The van der Waals surface area contributed by atoms with Crippen LogP contribution >= 0.6 is 11.8 Å². The first kappa shape index (κ1) is 17.5. The van der Waals surface area contributed by atoms with E-state index in [0.29, 0.717) is 23.3 Å². The third-order valence-corrected chi connectivity index (χ3v) is 3.83. The number of hydrogen-bond donors (Lipinski definition) is 1. The average molecular weight is 343 g/mol. The largest absolute Gasteiger partial charge is 0.455 e. The van der Waals surface area contributed by atoms with Crippen LogP contribution in [0, 0.1) is 0 Å². The van der Waals surface area contributed by atoms with Gasteiger partial charge in [0.2, 0.25) is 0 Å². The predicted molar refractivity (Wildman–Crippen MR) is 85.9 cm³/mol. The Kier molecular flexibility index (Phi) is 5.13. The molecule has 23 heavy (non-hydrogen) atoms. The van der Waals surface area contributed by atoms with E-state index in [1.807, 2.05) is 20.8 Å². The molecule has 0 aromatic carbocycles. The van der Waals surface area contributed by atoms with Gasteiger partial charge in [0.05, 0.1) is 11.4 Å². The monoisotopic (exact) mass is 343 g/mol. The summed E-state index contributed by atoms with van der Waals surface area (Å²) in [6, 6.07) is 4.79. The van der Waals surface area contributed by atoms with E-state index < -0.39 is 11.7 Å². The van der Waals surface area contributed by atoms with E-state index in [0.717, 1.165) is 5.69 Å². The third kappa shape index (κ3) is 4.57. The second-order valence-corrected chi connectivity index (χ2v) is 7.06. The highest BCUT2D eigenvalue weighted by Gasteiger charge is 2.20. The number of alkyl halides is 2. The standard InChI is InChI=1S/C15H19F2N3O2S/c1-15(2,3)11-7-12(20(4)19-11)18-13(21)10-6-5-9(22-10)8-23-14(16)17/h5-7,14H,8H2,1-4H3,(H,18,21). The van der Waals surface area contributed by atoms with E-state index in [2.05, 4.69) is 10.4 Å². The summed E-state index contributed by atoms with van der Waals surface area (Å²) < 4.78 is 31.2. The van der Waals surface area contributed by atoms with Crippen LogP contribution in [0.3, 0.4) is 0 Å². The molecule has 126 valence electrons. The van der Waals surface area contributed by atoms with Gasteiger partial charge in [-0.15, -0.1) is 0 Å². The summed E-state index contributed by atoms with van der Waals surface area (Å²) in [5, 5.41) is 7.08. The van der Waals surface area contributed by atoms with Crippen molar-refractivity contribution in [3.05, 3.63) is 35.4 Å². The van der Waals surface area contributed by atoms with E-state index >= 15 is 0 Å². The van der Waals surface area contributed by atoms with Crippen LogP contribution in [0.2, 0.25) is 0 Å². The molecule has 0 saturated heterocycles. The van der Waals surface area contributed by atoms with Gasteiger partial charge in [0.1, 0.15) is 11.6 Å². The highest BCUT2D eigenvalue weighted by atomic mass is 32.2. The van der Waals surface area contributed by atoms with Crippen molar-refractivity contribution in [3.8, 4) is 0 Å². The lowest BCUT2D eigenvalue weighted by atomic mass is 9.92. The predicted octanol–water partition coefficient (Wildman–Crippen LogP) is 4.02. The maximum atomic E-state index is 12.2. The molecule has 0 saturated carbocycles. The number of halogens is 2. The lowest BCUT2D eigenvalue weighted by molar-refractivity contribution is 0.0994. The Morgan fingerprint density at radius 3 is 2.70 bits per heavy atom. The number of aromatic nitrogens is 2. The molecule has 0 aliphatic rings. The molecular formula is C15H19F2N3O2S. The fraction of sp³-hybridized carbons (Fsp3) is 0.467. The number of nitrogens with zero attached hydrogens (tertiary/aromatic N) is 2. The van der Waals surface area contributed by atoms with E-state index in [9.17, 15) is 13.6 Å². The van der Waals surface area contributed by atoms with Gasteiger partial charge >= 0.3 is 0 Å². The molecule has 2 aromatic rings. The van der Waals surface area contributed by atoms with Crippen molar-refractivity contribution in [3.63, 3.8) is 0 Å². The molecule has 1 N–H and O–H groups in total. The molecule has 2 heterocycles. The molecule has 0 fully saturated rings. The molecule has 5 nitrogen and oxygen atoms in total. The van der Waals surface area contributed by atoms with Crippen molar-refractivity contribution in [2.75, 3.05) is 5.32 Å². The number of nitrogens with one attached hydrogen (secondary N) is 1. The Hall–Kier alpha value is -1.83. The van der Waals surface area contributed by atoms with Gasteiger partial charge in [-0.3, -0.25) is 9.48 Å². The summed E-state index contributed by atoms with van der Waals surface area (Å²) >= 11 is 0.449. The zero-order chi connectivity index (χ0) is 17.2. The summed E-state index contributed by atoms with van der Waals surface area (Å²) in [5.41, 5.74) is 0.717. The Labute approximate surface area is 137 Å². The van der Waals surface area contributed by atoms with Gasteiger partial charge in [0.25, 0.3) is 11.7 Å². The van der Waals surface area contributed by atoms with Crippen LogP contribution in [-0.2, 0) is 18.2 Å². The summed E-state index contributed by atoms with van der Waals surface area (Å²) in [6.07, 6.45) is 0. The Balaban J connectivity index is 2.06. The molecule has 0 aliphatic heterocycles. The van der Waals surface area contributed by atoms with Crippen LogP contribution in [0.25, 0.3) is 0 Å². The molecule has 0 aliphatic carbocycles. The molecule has 8 heteroatoms. The second kappa shape index (κ2) is 6.74. The zero-order valence-electron chi connectivity index (χ0n) is 13.4. The summed E-state index contributed by atoms with van der Waals surface area (Å²) in [5.74, 6) is -1.94. The van der Waals surface area contributed by atoms with Gasteiger partial charge in [-0.1, -0.05) is 32.5 Å². The van der Waals surface area contributed by atoms with E-state index in [1.165, 1.54) is 12.1 Å². The van der Waals surface area contributed by atoms with Crippen LogP contribution in [0.5, 0.6) is 0 Å². The Morgan fingerprint density at radius 2 is 2.13 bits per heavy atom. The average Bonchev–Trinajstić information content (AvgIpc) is 3.03. The number of carbonyl (C=O) groups is 1. The number of amides is 1. The topological polar surface area (TPSA) is 60.1 Å². The fourth-order valence-corrected chi connectivity index (χ4v) is 2.30. The quantitative estimate of drug-likeness (QED) is 0.891. The van der Waals surface area contributed by atoms with Gasteiger partial charge in [0.15, 0.2) is 5.76 Å². The molecule has 0 unspecified atom stereocenters. The van der Waals surface area contributed by atoms with Crippen molar-refractivity contribution in [1.82, 2.24) is 9.78 Å². The SMILES string of the molecule is Cn1nc(C(C)(C)C)cc1NC(=O)c1ccc(CSC(F)F)o1. The highest BCUT2D eigenvalue weighted by Crippen LogP contribution is 2.24. The summed E-state index contributed by atoms with van der Waals surface area (Å²) in [7, 11) is 1.73. The van der Waals surface area contributed by atoms with Gasteiger partial charge in [-0.05, 0) is 12.1 Å². The van der Waals surface area contributed by atoms with E-state index in [-0.39, 0.29) is 16.9 Å². The molecule has 1 amide bonds. The minimum atomic E-state index is -2.47. The number of hydrogen-bond acceptors (Lipinski definition) is 4. The number of aryl methyl sites for hydroxylation is 1. The fourth-order valence-electron chi connectivity index (χ4n) is 1.85. The van der Waals surface area contributed by atoms with Crippen molar-refractivity contribution in [2.24, 2.45) is 7.05 Å². The number of carbonyl (C=O) groups excluding carboxylic acids is 1. The summed E-state index contributed by atoms with van der Waals surface area (Å²) in [6.45, 7) is 6.08. The normalized spacial score (nSPS) is 12.0. The number of furan rings is 1. The second-order valence-electron chi connectivity index (χ2n) is 6.08. The summed E-state index contributed by atoms with van der Waals surface area (Å²) in [4.78, 5) is 12.2. The van der Waals surface area contributed by atoms with Crippen molar-refractivity contribution in [2.45, 2.75) is 37.7 Å². The molecular weight excluding hydrogens is 324 g/mol. The van der Waals surface area contributed by atoms with E-state index in [1.54, 1.807) is 17.8 Å². The first-order valence-corrected chi connectivity index (χ1v) is 8.06. The van der Waals surface area contributed by atoms with Gasteiger partial charge in [0, 0.05) is 18.5 Å². The van der Waals surface area contributed by atoms with E-state index in [4.69, 9.17) is 4.42 Å². The lowest BCUT2D eigenvalue weighted by Crippen LogP contribution is -2.13. The van der Waals surface area contributed by atoms with Gasteiger partial charge in [-0.2, -0.15) is 13.9 Å². The lowest BCUT2D eigenvalue weighted by Gasteiger charge is -2.13. The minimum Gasteiger partial charge on any atom is -0.455 e. The maximum absolute atomic E-state index is 12.2. The van der Waals surface area contributed by atoms with Gasteiger partial charge in [-0.25, -0.2) is 0 Å². The molecule has 2 aromatic heterocycles. The molecule has 2 rings (SSSR count). The van der Waals surface area contributed by atoms with Crippen LogP contribution < -0.4 is 5.32 Å². The van der Waals surface area contributed by atoms with Crippen molar-refractivity contribution in [1.29, 1.82) is 0 Å².